The monoisotopic (exact) mass is 459 g/mol. The highest BCUT2D eigenvalue weighted by Crippen LogP contribution is 2.55. The Labute approximate surface area is 196 Å². The first-order valence-corrected chi connectivity index (χ1v) is 15.0. The first-order valence-electron chi connectivity index (χ1n) is 13.2. The van der Waals surface area contributed by atoms with Crippen LogP contribution in [0.1, 0.15) is 137 Å². The lowest BCUT2D eigenvalue weighted by atomic mass is 9.79. The molecular weight excluding hydrogens is 402 g/mol. The van der Waals surface area contributed by atoms with E-state index in [9.17, 15) is 0 Å². The van der Waals surface area contributed by atoms with Crippen molar-refractivity contribution in [2.24, 2.45) is 5.73 Å². The first kappa shape index (κ1) is 31.1. The number of unbranched alkanes of at least 4 members (excludes halogenated alkanes) is 13. The van der Waals surface area contributed by atoms with E-state index in [0.717, 1.165) is 25.7 Å². The minimum atomic E-state index is -2.88. The number of hydrogen-bond acceptors (Lipinski definition) is 4. The molecule has 5 heteroatoms. The molecule has 0 rings (SSSR count). The molecule has 1 atom stereocenters. The topological polar surface area (TPSA) is 53.7 Å². The second kappa shape index (κ2) is 17.5. The third kappa shape index (κ3) is 10.2. The van der Waals surface area contributed by atoms with E-state index in [1.54, 1.807) is 21.3 Å². The molecule has 0 saturated heterocycles. The van der Waals surface area contributed by atoms with Gasteiger partial charge in [0.05, 0.1) is 5.04 Å². The fourth-order valence-corrected chi connectivity index (χ4v) is 8.85. The number of nitrogens with two attached hydrogens (primary N) is 1. The third-order valence-corrected chi connectivity index (χ3v) is 11.2. The Bertz CT molecular complexity index is 402. The summed E-state index contributed by atoms with van der Waals surface area (Å²) in [6, 6.07) is 0. The van der Waals surface area contributed by atoms with Crippen LogP contribution < -0.4 is 5.73 Å². The Morgan fingerprint density at radius 3 is 1.19 bits per heavy atom. The van der Waals surface area contributed by atoms with Crippen molar-refractivity contribution in [2.75, 3.05) is 21.3 Å². The molecule has 1 unspecified atom stereocenters. The summed E-state index contributed by atoms with van der Waals surface area (Å²) in [7, 11) is 2.28. The first-order chi connectivity index (χ1) is 14.8. The highest BCUT2D eigenvalue weighted by Gasteiger charge is 2.64. The van der Waals surface area contributed by atoms with E-state index in [0.29, 0.717) is 0 Å². The van der Waals surface area contributed by atoms with Crippen LogP contribution in [0.4, 0.5) is 0 Å². The van der Waals surface area contributed by atoms with Gasteiger partial charge in [0, 0.05) is 26.9 Å². The molecule has 0 amide bonds. The lowest BCUT2D eigenvalue weighted by Crippen LogP contribution is -2.65. The Kier molecular flexibility index (Phi) is 17.6. The molecule has 0 aliphatic carbocycles. The van der Waals surface area contributed by atoms with E-state index in [1.807, 2.05) is 0 Å². The smallest absolute Gasteiger partial charge is 0.376 e. The van der Waals surface area contributed by atoms with E-state index < -0.39 is 14.3 Å². The molecule has 188 valence electrons. The van der Waals surface area contributed by atoms with Gasteiger partial charge >= 0.3 is 8.80 Å². The zero-order chi connectivity index (χ0) is 23.6. The van der Waals surface area contributed by atoms with Crippen molar-refractivity contribution >= 4 is 8.80 Å². The summed E-state index contributed by atoms with van der Waals surface area (Å²) in [5, 5.41) is -0.260. The quantitative estimate of drug-likeness (QED) is 0.131. The summed E-state index contributed by atoms with van der Waals surface area (Å²) >= 11 is 0. The molecule has 0 fully saturated rings. The summed E-state index contributed by atoms with van der Waals surface area (Å²) in [5.74, 6) is 0. The standard InChI is InChI=1S/C26H57NO3Si/c1-8-10-11-12-13-14-15-16-17-18-19-20-21-22-24-26(23-9-2,25(3,4)27)31(28-5,29-6)30-7/h8-24,27H2,1-7H3. The molecule has 0 bridgehead atoms. The van der Waals surface area contributed by atoms with Gasteiger partial charge in [-0.05, 0) is 26.7 Å². The predicted octanol–water partition coefficient (Wildman–Crippen LogP) is 8.01. The number of rotatable bonds is 22. The fraction of sp³-hybridized carbons (Fsp3) is 1.00. The van der Waals surface area contributed by atoms with Crippen LogP contribution in [0.15, 0.2) is 0 Å². The summed E-state index contributed by atoms with van der Waals surface area (Å²) in [4.78, 5) is 0. The molecule has 4 nitrogen and oxygen atoms in total. The lowest BCUT2D eigenvalue weighted by Gasteiger charge is -2.51. The molecule has 0 aromatic carbocycles. The van der Waals surface area contributed by atoms with E-state index in [1.165, 1.54) is 83.5 Å². The molecule has 0 aromatic heterocycles. The second-order valence-electron chi connectivity index (χ2n) is 10.1. The molecule has 2 N–H and O–H groups in total. The van der Waals surface area contributed by atoms with Crippen molar-refractivity contribution < 1.29 is 13.3 Å². The van der Waals surface area contributed by atoms with Gasteiger partial charge in [-0.15, -0.1) is 0 Å². The van der Waals surface area contributed by atoms with Crippen LogP contribution in [0.2, 0.25) is 5.04 Å². The Morgan fingerprint density at radius 2 is 0.903 bits per heavy atom. The largest absolute Gasteiger partial charge is 0.508 e. The van der Waals surface area contributed by atoms with Crippen molar-refractivity contribution in [3.05, 3.63) is 0 Å². The van der Waals surface area contributed by atoms with E-state index in [2.05, 4.69) is 27.7 Å². The van der Waals surface area contributed by atoms with Gasteiger partial charge in [-0.2, -0.15) is 0 Å². The highest BCUT2D eigenvalue weighted by molar-refractivity contribution is 6.64. The summed E-state index contributed by atoms with van der Waals surface area (Å²) in [5.41, 5.74) is 6.34. The second-order valence-corrected chi connectivity index (χ2v) is 13.4. The Hall–Kier alpha value is 0.0569. The average Bonchev–Trinajstić information content (AvgIpc) is 2.74. The molecule has 0 saturated carbocycles. The van der Waals surface area contributed by atoms with Gasteiger partial charge in [-0.25, -0.2) is 0 Å². The van der Waals surface area contributed by atoms with Gasteiger partial charge in [0.2, 0.25) is 0 Å². The van der Waals surface area contributed by atoms with Gasteiger partial charge in [0.1, 0.15) is 0 Å². The maximum absolute atomic E-state index is 6.76. The highest BCUT2D eigenvalue weighted by atomic mass is 28.4. The molecule has 0 aliphatic rings. The minimum absolute atomic E-state index is 0.260. The van der Waals surface area contributed by atoms with E-state index >= 15 is 0 Å². The van der Waals surface area contributed by atoms with Gasteiger partial charge < -0.3 is 19.0 Å². The van der Waals surface area contributed by atoms with Crippen LogP contribution in [0.3, 0.4) is 0 Å². The zero-order valence-corrected chi connectivity index (χ0v) is 23.3. The van der Waals surface area contributed by atoms with Gasteiger partial charge in [0.25, 0.3) is 0 Å². The summed E-state index contributed by atoms with van der Waals surface area (Å²) < 4.78 is 17.9. The molecule has 0 heterocycles. The molecule has 0 aliphatic heterocycles. The Morgan fingerprint density at radius 1 is 0.548 bits per heavy atom. The summed E-state index contributed by atoms with van der Waals surface area (Å²) in [6.07, 6.45) is 22.2. The van der Waals surface area contributed by atoms with Gasteiger partial charge in [-0.3, -0.25) is 0 Å². The maximum atomic E-state index is 6.76. The normalized spacial score (nSPS) is 14.7. The lowest BCUT2D eigenvalue weighted by molar-refractivity contribution is 0.0594. The van der Waals surface area contributed by atoms with E-state index in [4.69, 9.17) is 19.0 Å². The van der Waals surface area contributed by atoms with Gasteiger partial charge in [-0.1, -0.05) is 110 Å². The van der Waals surface area contributed by atoms with Gasteiger partial charge in [0.15, 0.2) is 0 Å². The van der Waals surface area contributed by atoms with Crippen LogP contribution in [-0.4, -0.2) is 35.7 Å². The van der Waals surface area contributed by atoms with Crippen molar-refractivity contribution in [1.82, 2.24) is 0 Å². The van der Waals surface area contributed by atoms with Crippen LogP contribution in [0, 0.1) is 0 Å². The maximum Gasteiger partial charge on any atom is 0.508 e. The summed E-state index contributed by atoms with van der Waals surface area (Å²) in [6.45, 7) is 8.73. The third-order valence-electron chi connectivity index (χ3n) is 7.26. The molecule has 0 spiro atoms. The number of hydrogen-bond donors (Lipinski definition) is 1. The van der Waals surface area contributed by atoms with E-state index in [-0.39, 0.29) is 5.04 Å². The molecule has 0 radical (unpaired) electrons. The SMILES string of the molecule is CCCCCCCCCCCCCCCCC(CCC)(C(C)(C)N)[Si](OC)(OC)OC. The van der Waals surface area contributed by atoms with Crippen LogP contribution >= 0.6 is 0 Å². The van der Waals surface area contributed by atoms with Crippen molar-refractivity contribution in [1.29, 1.82) is 0 Å². The van der Waals surface area contributed by atoms with Crippen LogP contribution in [0.5, 0.6) is 0 Å². The Balaban J connectivity index is 4.31. The van der Waals surface area contributed by atoms with Crippen molar-refractivity contribution in [2.45, 2.75) is 147 Å². The predicted molar refractivity (Wildman–Crippen MR) is 138 cm³/mol. The zero-order valence-electron chi connectivity index (χ0n) is 22.3. The van der Waals surface area contributed by atoms with Crippen molar-refractivity contribution in [3.63, 3.8) is 0 Å². The molecule has 0 aromatic rings. The fourth-order valence-electron chi connectivity index (χ4n) is 5.35. The van der Waals surface area contributed by atoms with Crippen LogP contribution in [0.25, 0.3) is 0 Å². The van der Waals surface area contributed by atoms with Crippen molar-refractivity contribution in [3.8, 4) is 0 Å². The minimum Gasteiger partial charge on any atom is -0.376 e. The molecular formula is C26H57NO3Si. The molecule has 31 heavy (non-hydrogen) atoms. The van der Waals surface area contributed by atoms with Crippen LogP contribution in [-0.2, 0) is 13.3 Å². The average molecular weight is 460 g/mol.